The van der Waals surface area contributed by atoms with Gasteiger partial charge in [-0.05, 0) is 18.1 Å². The van der Waals surface area contributed by atoms with E-state index in [9.17, 15) is 15.2 Å². The summed E-state index contributed by atoms with van der Waals surface area (Å²) in [5.41, 5.74) is 1.85. The van der Waals surface area contributed by atoms with Crippen molar-refractivity contribution in [3.8, 4) is 11.4 Å². The Bertz CT molecular complexity index is 997. The molecule has 0 amide bonds. The maximum Gasteiger partial charge on any atom is 0.274 e. The first kappa shape index (κ1) is 21.1. The summed E-state index contributed by atoms with van der Waals surface area (Å²) in [6, 6.07) is 13.6. The fourth-order valence-electron chi connectivity index (χ4n) is 2.86. The first-order valence-electron chi connectivity index (χ1n) is 9.62. The van der Waals surface area contributed by atoms with Crippen molar-refractivity contribution in [1.29, 1.82) is 0 Å². The summed E-state index contributed by atoms with van der Waals surface area (Å²) in [7, 11) is 0. The van der Waals surface area contributed by atoms with Gasteiger partial charge in [-0.3, -0.25) is 15.1 Å². The average Bonchev–Trinajstić information content (AvgIpc) is 2.76. The summed E-state index contributed by atoms with van der Waals surface area (Å²) in [6.45, 7) is 4.14. The Kier molecular flexibility index (Phi) is 6.87. The number of para-hydroxylation sites is 1. The molecule has 1 aromatic carbocycles. The molecule has 156 valence electrons. The minimum Gasteiger partial charge on any atom is -0.394 e. The van der Waals surface area contributed by atoms with Gasteiger partial charge >= 0.3 is 0 Å². The molecule has 3 N–H and O–H groups in total. The van der Waals surface area contributed by atoms with Crippen LogP contribution in [0.1, 0.15) is 19.4 Å². The van der Waals surface area contributed by atoms with Crippen molar-refractivity contribution in [1.82, 2.24) is 15.0 Å². The summed E-state index contributed by atoms with van der Waals surface area (Å²) in [6.07, 6.45) is 1.68. The number of pyridine rings is 1. The van der Waals surface area contributed by atoms with Crippen LogP contribution >= 0.6 is 0 Å². The van der Waals surface area contributed by atoms with Crippen LogP contribution in [-0.4, -0.2) is 37.6 Å². The minimum atomic E-state index is -0.405. The molecular weight excluding hydrogens is 384 g/mol. The molecule has 2 aromatic heterocycles. The third kappa shape index (κ3) is 5.26. The van der Waals surface area contributed by atoms with Crippen LogP contribution in [-0.2, 0) is 6.54 Å². The van der Waals surface area contributed by atoms with Gasteiger partial charge in [-0.25, -0.2) is 4.98 Å². The van der Waals surface area contributed by atoms with Gasteiger partial charge in [-0.2, -0.15) is 4.98 Å². The number of aliphatic hydroxyl groups excluding tert-OH is 1. The van der Waals surface area contributed by atoms with E-state index in [4.69, 9.17) is 0 Å². The van der Waals surface area contributed by atoms with Gasteiger partial charge in [0, 0.05) is 30.4 Å². The second kappa shape index (κ2) is 9.75. The van der Waals surface area contributed by atoms with Crippen molar-refractivity contribution in [2.45, 2.75) is 26.4 Å². The molecule has 30 heavy (non-hydrogen) atoms. The molecule has 9 nitrogen and oxygen atoms in total. The number of rotatable bonds is 9. The molecule has 3 aromatic rings. The molecule has 0 aliphatic carbocycles. The Morgan fingerprint density at radius 3 is 2.53 bits per heavy atom. The van der Waals surface area contributed by atoms with Crippen LogP contribution in [0.25, 0.3) is 11.4 Å². The highest BCUT2D eigenvalue weighted by molar-refractivity contribution is 5.61. The van der Waals surface area contributed by atoms with E-state index in [0.29, 0.717) is 28.7 Å². The fourth-order valence-corrected chi connectivity index (χ4v) is 2.86. The van der Waals surface area contributed by atoms with E-state index in [1.54, 1.807) is 30.5 Å². The Hall–Kier alpha value is -3.59. The summed E-state index contributed by atoms with van der Waals surface area (Å²) in [5.74, 6) is 1.00. The predicted octanol–water partition coefficient (Wildman–Crippen LogP) is 3.49. The lowest BCUT2D eigenvalue weighted by Gasteiger charge is -2.20. The molecule has 3 rings (SSSR count). The monoisotopic (exact) mass is 408 g/mol. The third-order valence-corrected chi connectivity index (χ3v) is 4.62. The van der Waals surface area contributed by atoms with Gasteiger partial charge in [-0.15, -0.1) is 0 Å². The number of nitro groups is 1. The molecule has 0 saturated carbocycles. The number of anilines is 2. The summed E-state index contributed by atoms with van der Waals surface area (Å²) >= 11 is 0. The topological polar surface area (TPSA) is 126 Å². The highest BCUT2D eigenvalue weighted by atomic mass is 16.6. The molecule has 0 bridgehead atoms. The highest BCUT2D eigenvalue weighted by Crippen LogP contribution is 2.23. The van der Waals surface area contributed by atoms with Gasteiger partial charge in [0.2, 0.25) is 5.95 Å². The quantitative estimate of drug-likeness (QED) is 0.363. The zero-order chi connectivity index (χ0) is 21.5. The lowest BCUT2D eigenvalue weighted by atomic mass is 10.1. The van der Waals surface area contributed by atoms with Crippen LogP contribution in [0, 0.1) is 16.0 Å². The smallest absolute Gasteiger partial charge is 0.274 e. The van der Waals surface area contributed by atoms with Gasteiger partial charge in [0.05, 0.1) is 29.0 Å². The van der Waals surface area contributed by atoms with Gasteiger partial charge < -0.3 is 15.7 Å². The Morgan fingerprint density at radius 1 is 1.10 bits per heavy atom. The first-order chi connectivity index (χ1) is 14.5. The standard InChI is InChI=1S/C21H24N6O3/c1-14(2)18(13-28)25-21-24-17(16-8-5-6-10-22-16)11-20(26-21)23-12-15-7-3-4-9-19(15)27(29)30/h3-11,14,18,28H,12-13H2,1-2H3,(H2,23,24,25,26)/t18-/m1/s1. The normalized spacial score (nSPS) is 11.9. The van der Waals surface area contributed by atoms with Crippen LogP contribution < -0.4 is 10.6 Å². The van der Waals surface area contributed by atoms with Crippen molar-refractivity contribution in [2.75, 3.05) is 17.2 Å². The number of aliphatic hydroxyl groups is 1. The van der Waals surface area contributed by atoms with Crippen molar-refractivity contribution < 1.29 is 10.0 Å². The van der Waals surface area contributed by atoms with E-state index >= 15 is 0 Å². The summed E-state index contributed by atoms with van der Waals surface area (Å²) in [5, 5.41) is 27.2. The second-order valence-corrected chi connectivity index (χ2v) is 7.09. The number of aromatic nitrogens is 3. The number of nitrogens with zero attached hydrogens (tertiary/aromatic N) is 4. The summed E-state index contributed by atoms with van der Waals surface area (Å²) < 4.78 is 0. The Labute approximate surface area is 174 Å². The van der Waals surface area contributed by atoms with Crippen LogP contribution in [0.4, 0.5) is 17.5 Å². The van der Waals surface area contributed by atoms with E-state index in [1.165, 1.54) is 6.07 Å². The fraction of sp³-hybridized carbons (Fsp3) is 0.286. The van der Waals surface area contributed by atoms with E-state index in [2.05, 4.69) is 25.6 Å². The zero-order valence-corrected chi connectivity index (χ0v) is 16.8. The zero-order valence-electron chi connectivity index (χ0n) is 16.8. The molecule has 2 heterocycles. The molecule has 0 aliphatic rings. The number of nitrogens with one attached hydrogen (secondary N) is 2. The van der Waals surface area contributed by atoms with Crippen molar-refractivity contribution in [3.05, 3.63) is 70.4 Å². The molecule has 0 radical (unpaired) electrons. The van der Waals surface area contributed by atoms with E-state index in [1.807, 2.05) is 32.0 Å². The maximum atomic E-state index is 11.3. The first-order valence-corrected chi connectivity index (χ1v) is 9.62. The van der Waals surface area contributed by atoms with Gasteiger partial charge in [0.25, 0.3) is 5.69 Å². The number of hydrogen-bond donors (Lipinski definition) is 3. The SMILES string of the molecule is CC(C)[C@@H](CO)Nc1nc(NCc2ccccc2[N+](=O)[O-])cc(-c2ccccn2)n1. The summed E-state index contributed by atoms with van der Waals surface area (Å²) in [4.78, 5) is 24.2. The molecule has 0 saturated heterocycles. The van der Waals surface area contributed by atoms with E-state index < -0.39 is 4.92 Å². The van der Waals surface area contributed by atoms with Crippen LogP contribution in [0.15, 0.2) is 54.7 Å². The third-order valence-electron chi connectivity index (χ3n) is 4.62. The van der Waals surface area contributed by atoms with Crippen molar-refractivity contribution in [2.24, 2.45) is 5.92 Å². The van der Waals surface area contributed by atoms with Gasteiger partial charge in [0.15, 0.2) is 0 Å². The molecule has 1 atom stereocenters. The van der Waals surface area contributed by atoms with E-state index in [0.717, 1.165) is 0 Å². The molecule has 0 unspecified atom stereocenters. The number of nitro benzene ring substituents is 1. The lowest BCUT2D eigenvalue weighted by molar-refractivity contribution is -0.385. The van der Waals surface area contributed by atoms with Crippen LogP contribution in [0.3, 0.4) is 0 Å². The average molecular weight is 408 g/mol. The number of benzene rings is 1. The molecular formula is C21H24N6O3. The maximum absolute atomic E-state index is 11.3. The predicted molar refractivity (Wildman–Crippen MR) is 115 cm³/mol. The number of hydrogen-bond acceptors (Lipinski definition) is 8. The minimum absolute atomic E-state index is 0.0440. The Balaban J connectivity index is 1.91. The van der Waals surface area contributed by atoms with Crippen LogP contribution in [0.5, 0.6) is 0 Å². The van der Waals surface area contributed by atoms with E-state index in [-0.39, 0.29) is 30.8 Å². The van der Waals surface area contributed by atoms with Crippen molar-refractivity contribution >= 4 is 17.5 Å². The van der Waals surface area contributed by atoms with Gasteiger partial charge in [-0.1, -0.05) is 38.1 Å². The van der Waals surface area contributed by atoms with Crippen LogP contribution in [0.2, 0.25) is 0 Å². The molecule has 0 aliphatic heterocycles. The molecule has 9 heteroatoms. The van der Waals surface area contributed by atoms with Crippen molar-refractivity contribution in [3.63, 3.8) is 0 Å². The lowest BCUT2D eigenvalue weighted by Crippen LogP contribution is -2.30. The highest BCUT2D eigenvalue weighted by Gasteiger charge is 2.16. The largest absolute Gasteiger partial charge is 0.394 e. The molecule has 0 fully saturated rings. The van der Waals surface area contributed by atoms with Gasteiger partial charge in [0.1, 0.15) is 5.82 Å². The Morgan fingerprint density at radius 2 is 1.87 bits per heavy atom. The molecule has 0 spiro atoms. The second-order valence-electron chi connectivity index (χ2n) is 7.09.